The smallest absolute Gasteiger partial charge is 0.822 e. The second-order valence-corrected chi connectivity index (χ2v) is 1.34. The van der Waals surface area contributed by atoms with Crippen LogP contribution in [0.25, 0.3) is 0 Å². The van der Waals surface area contributed by atoms with Crippen molar-refractivity contribution in [2.45, 2.75) is 0 Å². The Balaban J connectivity index is -0.0000000133. The summed E-state index contributed by atoms with van der Waals surface area (Å²) < 4.78 is 8.55. The van der Waals surface area contributed by atoms with Crippen molar-refractivity contribution in [1.82, 2.24) is 0 Å². The van der Waals surface area contributed by atoms with E-state index in [2.05, 4.69) is 0 Å². The molecule has 4 nitrogen and oxygen atoms in total. The molecule has 0 aromatic heterocycles. The van der Waals surface area contributed by atoms with Gasteiger partial charge >= 0.3 is 17.1 Å². The van der Waals surface area contributed by atoms with Crippen LogP contribution in [-0.2, 0) is 76.6 Å². The van der Waals surface area contributed by atoms with Crippen molar-refractivity contribution >= 4 is 7.82 Å². The van der Waals surface area contributed by atoms with Crippen LogP contribution < -0.4 is 14.7 Å². The molecule has 0 aliphatic carbocycles. The Kier molecular flexibility index (Phi) is 43.5. The molecule has 9 heteroatoms. The molecule has 0 fully saturated rings. The predicted octanol–water partition coefficient (Wildman–Crippen LogP) is -2.83. The van der Waals surface area contributed by atoms with E-state index >= 15 is 0 Å². The van der Waals surface area contributed by atoms with E-state index in [1.165, 1.54) is 0 Å². The van der Waals surface area contributed by atoms with Crippen LogP contribution in [0.4, 0.5) is 0 Å². The molecule has 0 aliphatic heterocycles. The summed E-state index contributed by atoms with van der Waals surface area (Å²) in [5.41, 5.74) is 0. The third-order valence-corrected chi connectivity index (χ3v) is 0. The summed E-state index contributed by atoms with van der Waals surface area (Å²) in [4.78, 5) is 25.6. The van der Waals surface area contributed by atoms with Crippen LogP contribution in [0, 0.1) is 0 Å². The fourth-order valence-electron chi connectivity index (χ4n) is 0. The van der Waals surface area contributed by atoms with Crippen molar-refractivity contribution in [3.05, 3.63) is 0 Å². The first-order chi connectivity index (χ1) is 2.00. The second kappa shape index (κ2) is 13.0. The second-order valence-electron chi connectivity index (χ2n) is 0.447. The molecule has 0 aliphatic rings. The number of hydrogen-bond donors (Lipinski definition) is 0. The molecule has 0 saturated heterocycles. The van der Waals surface area contributed by atoms with Crippen LogP contribution in [0.1, 0.15) is 0 Å². The molecule has 9 heavy (non-hydrogen) atoms. The Labute approximate surface area is 98.3 Å². The molecule has 0 aromatic rings. The van der Waals surface area contributed by atoms with E-state index in [-0.39, 0.29) is 72.1 Å². The van der Waals surface area contributed by atoms with Gasteiger partial charge in [-0.3, -0.25) is 0 Å². The molecule has 0 atom stereocenters. The van der Waals surface area contributed by atoms with Crippen LogP contribution in [0.15, 0.2) is 0 Å². The van der Waals surface area contributed by atoms with Gasteiger partial charge in [0.05, 0.1) is 0 Å². The molecule has 0 N–H and O–H groups in total. The van der Waals surface area contributed by atoms with Gasteiger partial charge < -0.3 is 19.2 Å². The van der Waals surface area contributed by atoms with E-state index in [0.717, 1.165) is 0 Å². The third-order valence-electron chi connectivity index (χ3n) is 0. The summed E-state index contributed by atoms with van der Waals surface area (Å²) in [6.07, 6.45) is 0. The molecule has 0 rings (SSSR count). The van der Waals surface area contributed by atoms with Gasteiger partial charge in [-0.1, -0.05) is 0 Å². The zero-order valence-electron chi connectivity index (χ0n) is 3.58. The summed E-state index contributed by atoms with van der Waals surface area (Å²) in [6, 6.07) is 0. The third kappa shape index (κ3) is 131. The molecule has 0 unspecified atom stereocenters. The van der Waals surface area contributed by atoms with E-state index in [0.29, 0.717) is 0 Å². The first-order valence-corrected chi connectivity index (χ1v) is 2.19. The maximum Gasteiger partial charge on any atom is 3.00 e. The van der Waals surface area contributed by atoms with Gasteiger partial charge in [-0.25, -0.2) is 0 Å². The Morgan fingerprint density at radius 2 is 1.11 bits per heavy atom. The zero-order chi connectivity index (χ0) is 4.50. The van der Waals surface area contributed by atoms with Gasteiger partial charge in [-0.05, 0) is 0 Å². The van der Waals surface area contributed by atoms with Crippen LogP contribution in [-0.4, -0.2) is 0 Å². The number of rotatable bonds is 0. The number of hydrogen-bond acceptors (Lipinski definition) is 4. The standard InChI is InChI=1S/Co.Fe.Ni.H3O4P.Ti/c;;;1-5(2,3)4;/h;;;(H3,1,2,3,4);/q;+3;;;/p-3. The average Bonchev–Trinajstić information content (AvgIpc) is 0.722. The van der Waals surface area contributed by atoms with Gasteiger partial charge in [0, 0.05) is 55.0 Å². The molecular formula is CoFeNiO4PTi. The van der Waals surface area contributed by atoms with Crippen molar-refractivity contribution in [1.29, 1.82) is 0 Å². The largest absolute Gasteiger partial charge is 3.00 e. The molecule has 0 saturated carbocycles. The normalized spacial score (nSPS) is 6.56. The fraction of sp³-hybridized carbons (Fsp3) is 0. The van der Waals surface area contributed by atoms with Crippen molar-refractivity contribution < 1.29 is 91.3 Å². The maximum atomic E-state index is 8.55. The predicted molar refractivity (Wildman–Crippen MR) is 7.61 cm³/mol. The summed E-state index contributed by atoms with van der Waals surface area (Å²) in [6.45, 7) is 0. The van der Waals surface area contributed by atoms with Crippen molar-refractivity contribution in [2.24, 2.45) is 0 Å². The minimum Gasteiger partial charge on any atom is -0.822 e. The van der Waals surface area contributed by atoms with Gasteiger partial charge in [-0.15, -0.1) is 0 Å². The Bertz CT molecular complexity index is 66.7. The fourth-order valence-corrected chi connectivity index (χ4v) is 0. The van der Waals surface area contributed by atoms with Crippen molar-refractivity contribution in [3.8, 4) is 0 Å². The van der Waals surface area contributed by atoms with Crippen LogP contribution >= 0.6 is 7.82 Å². The van der Waals surface area contributed by atoms with Gasteiger partial charge in [-0.2, -0.15) is 7.82 Å². The Hall–Kier alpha value is 2.34. The van der Waals surface area contributed by atoms with Gasteiger partial charge in [0.2, 0.25) is 0 Å². The first-order valence-electron chi connectivity index (χ1n) is 0.730. The van der Waals surface area contributed by atoms with E-state index in [9.17, 15) is 0 Å². The molecular weight excluding hydrogens is 316 g/mol. The summed E-state index contributed by atoms with van der Waals surface area (Å²) in [5.74, 6) is 0. The SMILES string of the molecule is O=P([O-])([O-])[O-].[Co].[Fe+3].[Ni].[Ti]. The first kappa shape index (κ1) is 30.2. The zero-order valence-corrected chi connectivity index (χ0v) is 9.17. The quantitative estimate of drug-likeness (QED) is 0.356. The van der Waals surface area contributed by atoms with Crippen LogP contribution in [0.5, 0.6) is 0 Å². The van der Waals surface area contributed by atoms with E-state index in [4.69, 9.17) is 19.2 Å². The number of phosphoric acid groups is 1. The summed E-state index contributed by atoms with van der Waals surface area (Å²) in [5, 5.41) is 0. The maximum absolute atomic E-state index is 8.55. The molecule has 60 valence electrons. The van der Waals surface area contributed by atoms with E-state index in [1.54, 1.807) is 0 Å². The minimum atomic E-state index is -5.39. The molecule has 0 heterocycles. The topological polar surface area (TPSA) is 86.2 Å². The molecule has 0 bridgehead atoms. The average molecular weight is 316 g/mol. The summed E-state index contributed by atoms with van der Waals surface area (Å²) >= 11 is 0. The Morgan fingerprint density at radius 1 is 1.11 bits per heavy atom. The van der Waals surface area contributed by atoms with Gasteiger partial charge in [0.1, 0.15) is 0 Å². The van der Waals surface area contributed by atoms with Crippen molar-refractivity contribution in [2.75, 3.05) is 0 Å². The van der Waals surface area contributed by atoms with Gasteiger partial charge in [0.25, 0.3) is 0 Å². The molecule has 0 aromatic carbocycles. The van der Waals surface area contributed by atoms with Crippen LogP contribution in [0.3, 0.4) is 0 Å². The minimum absolute atomic E-state index is 0. The molecule has 0 amide bonds. The van der Waals surface area contributed by atoms with E-state index in [1.807, 2.05) is 0 Å². The molecule has 2 radical (unpaired) electrons. The molecule has 0 spiro atoms. The van der Waals surface area contributed by atoms with E-state index < -0.39 is 7.82 Å². The monoisotopic (exact) mass is 316 g/mol. The van der Waals surface area contributed by atoms with Crippen molar-refractivity contribution in [3.63, 3.8) is 0 Å². The van der Waals surface area contributed by atoms with Gasteiger partial charge in [0.15, 0.2) is 0 Å². The Morgan fingerprint density at radius 3 is 1.11 bits per heavy atom. The van der Waals surface area contributed by atoms with Crippen LogP contribution in [0.2, 0.25) is 0 Å². The summed E-state index contributed by atoms with van der Waals surface area (Å²) in [7, 11) is -5.39.